The topological polar surface area (TPSA) is 26.0 Å². The third-order valence-corrected chi connectivity index (χ3v) is 3.70. The SMILES string of the molecule is NCC1(c2c(F)cc(Br)cc2F)CCC1. The minimum Gasteiger partial charge on any atom is -0.330 e. The van der Waals surface area contributed by atoms with Gasteiger partial charge < -0.3 is 5.73 Å². The second kappa shape index (κ2) is 3.83. The van der Waals surface area contributed by atoms with Gasteiger partial charge in [-0.05, 0) is 25.0 Å². The lowest BCUT2D eigenvalue weighted by Gasteiger charge is -2.41. The molecule has 1 aromatic carbocycles. The van der Waals surface area contributed by atoms with Gasteiger partial charge in [0.15, 0.2) is 0 Å². The molecule has 0 unspecified atom stereocenters. The summed E-state index contributed by atoms with van der Waals surface area (Å²) in [5.74, 6) is -0.987. The fourth-order valence-corrected chi connectivity index (χ4v) is 2.61. The Morgan fingerprint density at radius 2 is 1.80 bits per heavy atom. The first-order valence-corrected chi connectivity index (χ1v) is 5.73. The summed E-state index contributed by atoms with van der Waals surface area (Å²) in [4.78, 5) is 0. The van der Waals surface area contributed by atoms with Crippen LogP contribution in [-0.4, -0.2) is 6.54 Å². The summed E-state index contributed by atoms with van der Waals surface area (Å²) < 4.78 is 27.8. The predicted molar refractivity (Wildman–Crippen MR) is 58.6 cm³/mol. The average Bonchev–Trinajstić information content (AvgIpc) is 2.07. The van der Waals surface area contributed by atoms with Crippen LogP contribution in [0.2, 0.25) is 0 Å². The summed E-state index contributed by atoms with van der Waals surface area (Å²) in [7, 11) is 0. The van der Waals surface area contributed by atoms with E-state index in [4.69, 9.17) is 5.73 Å². The Morgan fingerprint density at radius 3 is 2.13 bits per heavy atom. The van der Waals surface area contributed by atoms with Crippen molar-refractivity contribution >= 4 is 15.9 Å². The molecule has 0 atom stereocenters. The molecule has 2 rings (SSSR count). The average molecular weight is 276 g/mol. The van der Waals surface area contributed by atoms with Crippen molar-refractivity contribution < 1.29 is 8.78 Å². The van der Waals surface area contributed by atoms with Crippen molar-refractivity contribution in [3.63, 3.8) is 0 Å². The van der Waals surface area contributed by atoms with Crippen molar-refractivity contribution in [2.45, 2.75) is 24.7 Å². The fraction of sp³-hybridized carbons (Fsp3) is 0.455. The van der Waals surface area contributed by atoms with Crippen LogP contribution >= 0.6 is 15.9 Å². The predicted octanol–water partition coefficient (Wildman–Crippen LogP) is 3.11. The number of halogens is 3. The molecular weight excluding hydrogens is 264 g/mol. The summed E-state index contributed by atoms with van der Waals surface area (Å²) >= 11 is 3.06. The van der Waals surface area contributed by atoms with Crippen LogP contribution in [0.4, 0.5) is 8.78 Å². The molecule has 0 amide bonds. The molecule has 1 aliphatic carbocycles. The Kier molecular flexibility index (Phi) is 2.81. The highest BCUT2D eigenvalue weighted by Crippen LogP contribution is 2.45. The lowest BCUT2D eigenvalue weighted by atomic mass is 9.64. The third kappa shape index (κ3) is 1.70. The number of hydrogen-bond acceptors (Lipinski definition) is 1. The van der Waals surface area contributed by atoms with E-state index in [1.165, 1.54) is 12.1 Å². The van der Waals surface area contributed by atoms with Gasteiger partial charge in [0, 0.05) is 22.0 Å². The van der Waals surface area contributed by atoms with Crippen LogP contribution in [0.25, 0.3) is 0 Å². The molecule has 0 saturated heterocycles. The maximum Gasteiger partial charge on any atom is 0.131 e. The van der Waals surface area contributed by atoms with Gasteiger partial charge in [-0.25, -0.2) is 8.78 Å². The zero-order chi connectivity index (χ0) is 11.1. The molecule has 1 fully saturated rings. The fourth-order valence-electron chi connectivity index (χ4n) is 2.21. The first-order chi connectivity index (χ1) is 7.09. The highest BCUT2D eigenvalue weighted by molar-refractivity contribution is 9.10. The molecule has 0 bridgehead atoms. The van der Waals surface area contributed by atoms with Gasteiger partial charge in [0.25, 0.3) is 0 Å². The summed E-state index contributed by atoms with van der Waals surface area (Å²) in [6, 6.07) is 2.60. The van der Waals surface area contributed by atoms with Crippen LogP contribution < -0.4 is 5.73 Å². The van der Waals surface area contributed by atoms with E-state index < -0.39 is 17.0 Å². The Morgan fingerprint density at radius 1 is 1.27 bits per heavy atom. The standard InChI is InChI=1S/C11H12BrF2N/c12-7-4-8(13)10(9(14)5-7)11(6-15)2-1-3-11/h4-5H,1-3,6,15H2. The Bertz CT molecular complexity index is 360. The second-order valence-electron chi connectivity index (χ2n) is 4.08. The Labute approximate surface area is 95.8 Å². The van der Waals surface area contributed by atoms with Gasteiger partial charge in [-0.3, -0.25) is 0 Å². The molecule has 0 spiro atoms. The molecule has 1 nitrogen and oxygen atoms in total. The summed E-state index contributed by atoms with van der Waals surface area (Å²) in [5, 5.41) is 0. The van der Waals surface area contributed by atoms with Crippen LogP contribution in [0.1, 0.15) is 24.8 Å². The molecular formula is C11H12BrF2N. The highest BCUT2D eigenvalue weighted by Gasteiger charge is 2.41. The summed E-state index contributed by atoms with van der Waals surface area (Å²) in [5.41, 5.74) is 5.33. The van der Waals surface area contributed by atoms with Crippen molar-refractivity contribution in [3.8, 4) is 0 Å². The zero-order valence-corrected chi connectivity index (χ0v) is 9.78. The van der Waals surface area contributed by atoms with E-state index in [1.807, 2.05) is 0 Å². The maximum absolute atomic E-state index is 13.7. The molecule has 1 aliphatic rings. The van der Waals surface area contributed by atoms with Crippen LogP contribution in [-0.2, 0) is 5.41 Å². The van der Waals surface area contributed by atoms with Gasteiger partial charge in [-0.1, -0.05) is 22.4 Å². The maximum atomic E-state index is 13.7. The quantitative estimate of drug-likeness (QED) is 0.882. The molecule has 4 heteroatoms. The monoisotopic (exact) mass is 275 g/mol. The van der Waals surface area contributed by atoms with Gasteiger partial charge in [-0.2, -0.15) is 0 Å². The smallest absolute Gasteiger partial charge is 0.131 e. The molecule has 15 heavy (non-hydrogen) atoms. The van der Waals surface area contributed by atoms with Crippen molar-refractivity contribution in [3.05, 3.63) is 33.8 Å². The van der Waals surface area contributed by atoms with Crippen molar-refractivity contribution in [2.75, 3.05) is 6.54 Å². The van der Waals surface area contributed by atoms with Gasteiger partial charge in [0.05, 0.1) is 0 Å². The van der Waals surface area contributed by atoms with E-state index in [-0.39, 0.29) is 5.56 Å². The van der Waals surface area contributed by atoms with E-state index in [1.54, 1.807) is 0 Å². The van der Waals surface area contributed by atoms with Crippen molar-refractivity contribution in [2.24, 2.45) is 5.73 Å². The largest absolute Gasteiger partial charge is 0.330 e. The van der Waals surface area contributed by atoms with E-state index in [2.05, 4.69) is 15.9 Å². The third-order valence-electron chi connectivity index (χ3n) is 3.24. The molecule has 0 aromatic heterocycles. The molecule has 82 valence electrons. The molecule has 1 aromatic rings. The van der Waals surface area contributed by atoms with Gasteiger partial charge in [0.2, 0.25) is 0 Å². The van der Waals surface area contributed by atoms with E-state index in [0.717, 1.165) is 19.3 Å². The normalized spacial score (nSPS) is 18.7. The second-order valence-corrected chi connectivity index (χ2v) is 5.00. The van der Waals surface area contributed by atoms with E-state index >= 15 is 0 Å². The van der Waals surface area contributed by atoms with Crippen LogP contribution in [0.5, 0.6) is 0 Å². The number of hydrogen-bond donors (Lipinski definition) is 1. The number of rotatable bonds is 2. The summed E-state index contributed by atoms with van der Waals surface area (Å²) in [6.07, 6.45) is 2.55. The molecule has 1 saturated carbocycles. The number of benzene rings is 1. The Balaban J connectivity index is 2.52. The van der Waals surface area contributed by atoms with E-state index in [9.17, 15) is 8.78 Å². The molecule has 0 heterocycles. The highest BCUT2D eigenvalue weighted by atomic mass is 79.9. The minimum atomic E-state index is -0.493. The van der Waals surface area contributed by atoms with Gasteiger partial charge in [-0.15, -0.1) is 0 Å². The van der Waals surface area contributed by atoms with Crippen LogP contribution in [0, 0.1) is 11.6 Å². The molecule has 0 radical (unpaired) electrons. The van der Waals surface area contributed by atoms with Crippen LogP contribution in [0.3, 0.4) is 0 Å². The van der Waals surface area contributed by atoms with Crippen LogP contribution in [0.15, 0.2) is 16.6 Å². The molecule has 0 aliphatic heterocycles. The van der Waals surface area contributed by atoms with Crippen molar-refractivity contribution in [1.29, 1.82) is 0 Å². The lowest BCUT2D eigenvalue weighted by molar-refractivity contribution is 0.235. The Hall–Kier alpha value is -0.480. The lowest BCUT2D eigenvalue weighted by Crippen LogP contribution is -2.43. The van der Waals surface area contributed by atoms with Gasteiger partial charge >= 0.3 is 0 Å². The first-order valence-electron chi connectivity index (χ1n) is 4.94. The van der Waals surface area contributed by atoms with Crippen molar-refractivity contribution in [1.82, 2.24) is 0 Å². The summed E-state index contributed by atoms with van der Waals surface area (Å²) in [6.45, 7) is 0.308. The molecule has 2 N–H and O–H groups in total. The first kappa shape index (κ1) is 11.0. The minimum absolute atomic E-state index is 0.166. The van der Waals surface area contributed by atoms with Gasteiger partial charge in [0.1, 0.15) is 11.6 Å². The number of nitrogens with two attached hydrogens (primary N) is 1. The zero-order valence-electron chi connectivity index (χ0n) is 8.19. The van der Waals surface area contributed by atoms with E-state index in [0.29, 0.717) is 11.0 Å².